The fourth-order valence-corrected chi connectivity index (χ4v) is 32.0. The van der Waals surface area contributed by atoms with Gasteiger partial charge in [-0.05, 0) is 0 Å². The molecule has 3 rings (SSSR count). The number of rotatable bonds is 2. The third kappa shape index (κ3) is 2.88. The predicted octanol–water partition coefficient (Wildman–Crippen LogP) is 9.32. The Morgan fingerprint density at radius 3 is 1.04 bits per heavy atom. The first-order valence-electron chi connectivity index (χ1n) is 6.90. The molecular formula is C14H14Cl6N2P2. The van der Waals surface area contributed by atoms with Gasteiger partial charge in [-0.25, -0.2) is 0 Å². The average molecular weight is 485 g/mol. The van der Waals surface area contributed by atoms with Gasteiger partial charge in [-0.1, -0.05) is 0 Å². The Morgan fingerprint density at radius 2 is 0.792 bits per heavy atom. The van der Waals surface area contributed by atoms with Crippen molar-refractivity contribution < 1.29 is 0 Å². The number of aryl methyl sites for hydroxylation is 2. The summed E-state index contributed by atoms with van der Waals surface area (Å²) in [4.78, 5) is -8.36. The van der Waals surface area contributed by atoms with E-state index in [4.69, 9.17) is 67.4 Å². The summed E-state index contributed by atoms with van der Waals surface area (Å²) in [5.41, 5.74) is 3.29. The van der Waals surface area contributed by atoms with Gasteiger partial charge in [-0.2, -0.15) is 0 Å². The molecule has 0 radical (unpaired) electrons. The Bertz CT molecular complexity index is 707. The van der Waals surface area contributed by atoms with E-state index in [1.54, 1.807) is 24.3 Å². The van der Waals surface area contributed by atoms with E-state index < -0.39 is 9.93 Å². The molecule has 10 heteroatoms. The fraction of sp³-hybridized carbons (Fsp3) is 0.143. The molecule has 132 valence electrons. The topological polar surface area (TPSA) is 6.48 Å². The zero-order valence-electron chi connectivity index (χ0n) is 12.7. The van der Waals surface area contributed by atoms with Gasteiger partial charge in [0.1, 0.15) is 0 Å². The Labute approximate surface area is 170 Å². The molecule has 0 unspecified atom stereocenters. The monoisotopic (exact) mass is 482 g/mol. The number of anilines is 2. The zero-order valence-corrected chi connectivity index (χ0v) is 19.0. The molecule has 0 aromatic heterocycles. The van der Waals surface area contributed by atoms with Crippen LogP contribution in [-0.2, 0) is 0 Å². The molecule has 0 bridgehead atoms. The third-order valence-electron chi connectivity index (χ3n) is 3.73. The van der Waals surface area contributed by atoms with Crippen LogP contribution in [-0.4, -0.2) is 0 Å². The van der Waals surface area contributed by atoms with Gasteiger partial charge < -0.3 is 0 Å². The molecule has 0 N–H and O–H groups in total. The summed E-state index contributed by atoms with van der Waals surface area (Å²) in [5, 5.41) is 0. The van der Waals surface area contributed by atoms with Crippen molar-refractivity contribution in [3.05, 3.63) is 59.7 Å². The molecule has 1 heterocycles. The standard InChI is InChI=1S/C14H14Cl6N2P2/c1-11-3-7-13(8-4-11)21-23(15,16,17)22(24(21,18,19)20)14-9-5-12(2)6-10-14/h3-10H,1-2H3. The quantitative estimate of drug-likeness (QED) is 0.392. The molecule has 0 amide bonds. The molecule has 0 aliphatic carbocycles. The summed E-state index contributed by atoms with van der Waals surface area (Å²) < 4.78 is 2.79. The van der Waals surface area contributed by atoms with Crippen LogP contribution >= 0.6 is 77.4 Å². The van der Waals surface area contributed by atoms with Crippen LogP contribution in [0.3, 0.4) is 0 Å². The number of hydrogen-bond acceptors (Lipinski definition) is 2. The minimum atomic E-state index is -4.18. The summed E-state index contributed by atoms with van der Waals surface area (Å²) in [6, 6.07) is 14.7. The van der Waals surface area contributed by atoms with Crippen LogP contribution in [0.15, 0.2) is 48.5 Å². The molecule has 1 aliphatic heterocycles. The summed E-state index contributed by atoms with van der Waals surface area (Å²) in [7, 11) is 0. The Kier molecular flexibility index (Phi) is 4.50. The van der Waals surface area contributed by atoms with Crippen molar-refractivity contribution in [2.75, 3.05) is 8.88 Å². The molecule has 2 aromatic carbocycles. The summed E-state index contributed by atoms with van der Waals surface area (Å²) in [6.07, 6.45) is 0. The Balaban J connectivity index is 2.16. The van der Waals surface area contributed by atoms with E-state index in [0.717, 1.165) is 11.1 Å². The number of benzene rings is 2. The van der Waals surface area contributed by atoms with Gasteiger partial charge in [0.2, 0.25) is 0 Å². The molecule has 24 heavy (non-hydrogen) atoms. The van der Waals surface area contributed by atoms with Gasteiger partial charge >= 0.3 is 171 Å². The summed E-state index contributed by atoms with van der Waals surface area (Å²) in [5.74, 6) is 0. The van der Waals surface area contributed by atoms with Crippen LogP contribution in [0.1, 0.15) is 11.1 Å². The zero-order chi connectivity index (χ0) is 18.0. The minimum absolute atomic E-state index is 0.583. The first-order valence-corrected chi connectivity index (χ1v) is 16.6. The molecule has 1 aliphatic rings. The SMILES string of the molecule is Cc1ccc(N2P(Cl)(Cl)(Cl)N(c3ccc(C)cc3)P2(Cl)(Cl)Cl)cc1. The van der Waals surface area contributed by atoms with Crippen LogP contribution in [0.25, 0.3) is 0 Å². The number of nitrogens with zero attached hydrogens (tertiary/aromatic N) is 2. The van der Waals surface area contributed by atoms with Crippen molar-refractivity contribution in [2.45, 2.75) is 13.8 Å². The number of halogens is 6. The van der Waals surface area contributed by atoms with Gasteiger partial charge in [0.15, 0.2) is 0 Å². The first-order chi connectivity index (χ1) is 10.8. The van der Waals surface area contributed by atoms with Crippen LogP contribution in [0, 0.1) is 13.8 Å². The van der Waals surface area contributed by atoms with E-state index in [9.17, 15) is 0 Å². The van der Waals surface area contributed by atoms with Crippen molar-refractivity contribution in [1.29, 1.82) is 0 Å². The van der Waals surface area contributed by atoms with Crippen molar-refractivity contribution >= 4 is 88.7 Å². The predicted molar refractivity (Wildman–Crippen MR) is 116 cm³/mol. The summed E-state index contributed by atoms with van der Waals surface area (Å²) >= 11 is 40.2. The van der Waals surface area contributed by atoms with Crippen LogP contribution in [0.4, 0.5) is 11.4 Å². The summed E-state index contributed by atoms with van der Waals surface area (Å²) in [6.45, 7) is 3.92. The molecule has 2 nitrogen and oxygen atoms in total. The van der Waals surface area contributed by atoms with E-state index in [-0.39, 0.29) is 0 Å². The second-order valence-electron chi connectivity index (χ2n) is 5.72. The second kappa shape index (κ2) is 5.57. The number of hydrogen-bond donors (Lipinski definition) is 0. The van der Waals surface area contributed by atoms with Gasteiger partial charge in [-0.15, -0.1) is 0 Å². The van der Waals surface area contributed by atoms with E-state index in [2.05, 4.69) is 0 Å². The van der Waals surface area contributed by atoms with Crippen LogP contribution in [0.5, 0.6) is 0 Å². The average Bonchev–Trinajstić information content (AvgIpc) is 2.41. The normalized spacial score (nSPS) is 26.3. The van der Waals surface area contributed by atoms with Crippen molar-refractivity contribution in [3.8, 4) is 0 Å². The third-order valence-corrected chi connectivity index (χ3v) is 20.5. The fourth-order valence-electron chi connectivity index (χ4n) is 2.66. The molecular weight excluding hydrogens is 471 g/mol. The Morgan fingerprint density at radius 1 is 0.542 bits per heavy atom. The van der Waals surface area contributed by atoms with E-state index in [1.165, 1.54) is 8.88 Å². The Hall–Kier alpha value is 0.640. The molecule has 2 aromatic rings. The van der Waals surface area contributed by atoms with Gasteiger partial charge in [0.25, 0.3) is 0 Å². The van der Waals surface area contributed by atoms with Gasteiger partial charge in [-0.3, -0.25) is 0 Å². The molecule has 0 saturated carbocycles. The van der Waals surface area contributed by atoms with Gasteiger partial charge in [0, 0.05) is 0 Å². The molecule has 0 spiro atoms. The first kappa shape index (κ1) is 19.4. The van der Waals surface area contributed by atoms with Crippen molar-refractivity contribution in [3.63, 3.8) is 0 Å². The van der Waals surface area contributed by atoms with Crippen LogP contribution in [0.2, 0.25) is 0 Å². The molecule has 0 atom stereocenters. The van der Waals surface area contributed by atoms with Crippen LogP contribution < -0.4 is 8.88 Å². The van der Waals surface area contributed by atoms with Crippen molar-refractivity contribution in [1.82, 2.24) is 0 Å². The van der Waals surface area contributed by atoms with Crippen molar-refractivity contribution in [2.24, 2.45) is 0 Å². The molecule has 1 saturated heterocycles. The second-order valence-corrected chi connectivity index (χ2v) is 25.5. The van der Waals surface area contributed by atoms with E-state index in [1.807, 2.05) is 38.1 Å². The van der Waals surface area contributed by atoms with E-state index >= 15 is 0 Å². The van der Waals surface area contributed by atoms with E-state index in [0.29, 0.717) is 11.4 Å². The maximum atomic E-state index is 6.71. The molecule has 1 fully saturated rings. The maximum absolute atomic E-state index is 6.71. The van der Waals surface area contributed by atoms with Gasteiger partial charge in [0.05, 0.1) is 0 Å².